The molecule has 2 rings (SSSR count). The molecule has 1 aromatic carbocycles. The monoisotopic (exact) mass is 399 g/mol. The Hall–Kier alpha value is -1.64. The molecule has 1 atom stereocenters. The van der Waals surface area contributed by atoms with Crippen molar-refractivity contribution >= 4 is 19.9 Å². The van der Waals surface area contributed by atoms with E-state index in [9.17, 15) is 16.8 Å². The first kappa shape index (κ1) is 20.7. The molecule has 1 heterocycles. The highest BCUT2D eigenvalue weighted by molar-refractivity contribution is 7.92. The third kappa shape index (κ3) is 4.96. The Morgan fingerprint density at radius 3 is 2.46 bits per heavy atom. The molecule has 0 aliphatic carbocycles. The standard InChI is InChI=1S/C18H25NO5S2/c1-4-5-11-25(20,21)19-13-18(16-7-6-10-24-16)26(22,23)17-12-14(2)8-9-15(17)3/h6-10,12,18-19H,4-5,11,13H2,1-3H3/t18-/m0/s1. The van der Waals surface area contributed by atoms with Crippen molar-refractivity contribution in [3.8, 4) is 0 Å². The Balaban J connectivity index is 2.38. The second-order valence-corrected chi connectivity index (χ2v) is 10.4. The quantitative estimate of drug-likeness (QED) is 0.699. The molecule has 0 radical (unpaired) electrons. The summed E-state index contributed by atoms with van der Waals surface area (Å²) in [6.07, 6.45) is 2.64. The molecule has 0 fully saturated rings. The third-order valence-electron chi connectivity index (χ3n) is 4.14. The van der Waals surface area contributed by atoms with Crippen LogP contribution in [0.3, 0.4) is 0 Å². The van der Waals surface area contributed by atoms with Crippen LogP contribution in [0.2, 0.25) is 0 Å². The normalized spacial score (nSPS) is 13.7. The molecule has 0 bridgehead atoms. The lowest BCUT2D eigenvalue weighted by molar-refractivity contribution is 0.486. The van der Waals surface area contributed by atoms with Crippen LogP contribution in [-0.4, -0.2) is 29.1 Å². The highest BCUT2D eigenvalue weighted by atomic mass is 32.2. The van der Waals surface area contributed by atoms with Crippen LogP contribution in [0.1, 0.15) is 41.9 Å². The number of benzene rings is 1. The summed E-state index contributed by atoms with van der Waals surface area (Å²) in [4.78, 5) is 0.187. The summed E-state index contributed by atoms with van der Waals surface area (Å²) in [7, 11) is -7.39. The number of furan rings is 1. The maximum absolute atomic E-state index is 13.2. The van der Waals surface area contributed by atoms with Crippen molar-refractivity contribution in [2.24, 2.45) is 0 Å². The van der Waals surface area contributed by atoms with E-state index in [1.54, 1.807) is 31.2 Å². The molecule has 8 heteroatoms. The van der Waals surface area contributed by atoms with Crippen molar-refractivity contribution in [2.75, 3.05) is 12.3 Å². The van der Waals surface area contributed by atoms with Crippen molar-refractivity contribution < 1.29 is 21.3 Å². The maximum Gasteiger partial charge on any atom is 0.211 e. The molecule has 0 unspecified atom stereocenters. The average Bonchev–Trinajstić information content (AvgIpc) is 3.09. The lowest BCUT2D eigenvalue weighted by atomic mass is 10.2. The number of hydrogen-bond acceptors (Lipinski definition) is 5. The number of unbranched alkanes of at least 4 members (excludes halogenated alkanes) is 1. The van der Waals surface area contributed by atoms with Gasteiger partial charge in [0.2, 0.25) is 10.0 Å². The van der Waals surface area contributed by atoms with Crippen molar-refractivity contribution in [1.29, 1.82) is 0 Å². The van der Waals surface area contributed by atoms with Gasteiger partial charge >= 0.3 is 0 Å². The van der Waals surface area contributed by atoms with Gasteiger partial charge in [0.25, 0.3) is 0 Å². The predicted octanol–water partition coefficient (Wildman–Crippen LogP) is 3.13. The first-order chi connectivity index (χ1) is 12.2. The minimum Gasteiger partial charge on any atom is -0.468 e. The molecular weight excluding hydrogens is 374 g/mol. The van der Waals surface area contributed by atoms with Gasteiger partial charge in [-0.3, -0.25) is 0 Å². The van der Waals surface area contributed by atoms with Crippen LogP contribution in [0.4, 0.5) is 0 Å². The van der Waals surface area contributed by atoms with Gasteiger partial charge in [-0.2, -0.15) is 0 Å². The van der Waals surface area contributed by atoms with Crippen LogP contribution < -0.4 is 4.72 Å². The summed E-state index contributed by atoms with van der Waals surface area (Å²) in [5.74, 6) is 0.182. The SMILES string of the molecule is CCCCS(=O)(=O)NC[C@@H](c1ccco1)S(=O)(=O)c1cc(C)ccc1C. The molecule has 0 amide bonds. The third-order valence-corrected chi connectivity index (χ3v) is 7.77. The molecule has 1 aromatic heterocycles. The maximum atomic E-state index is 13.2. The number of sulfone groups is 1. The summed E-state index contributed by atoms with van der Waals surface area (Å²) in [5, 5.41) is -1.13. The van der Waals surface area contributed by atoms with Crippen molar-refractivity contribution in [3.05, 3.63) is 53.5 Å². The van der Waals surface area contributed by atoms with E-state index in [2.05, 4.69) is 4.72 Å². The Kier molecular flexibility index (Phi) is 6.65. The Bertz CT molecular complexity index is 932. The van der Waals surface area contributed by atoms with Gasteiger partial charge in [0.15, 0.2) is 9.84 Å². The largest absolute Gasteiger partial charge is 0.468 e. The lowest BCUT2D eigenvalue weighted by Gasteiger charge is -2.18. The average molecular weight is 400 g/mol. The molecule has 0 aliphatic heterocycles. The van der Waals surface area contributed by atoms with Gasteiger partial charge in [-0.1, -0.05) is 25.5 Å². The van der Waals surface area contributed by atoms with Gasteiger partial charge in [0, 0.05) is 6.54 Å². The smallest absolute Gasteiger partial charge is 0.211 e. The molecule has 0 spiro atoms. The zero-order valence-corrected chi connectivity index (χ0v) is 16.9. The fourth-order valence-electron chi connectivity index (χ4n) is 2.61. The summed E-state index contributed by atoms with van der Waals surface area (Å²) in [6, 6.07) is 8.32. The Labute approximate surface area is 155 Å². The van der Waals surface area contributed by atoms with Gasteiger partial charge < -0.3 is 4.42 Å². The highest BCUT2D eigenvalue weighted by Gasteiger charge is 2.33. The van der Waals surface area contributed by atoms with Gasteiger partial charge in [0.1, 0.15) is 11.0 Å². The van der Waals surface area contributed by atoms with Crippen LogP contribution in [0.15, 0.2) is 45.9 Å². The van der Waals surface area contributed by atoms with E-state index >= 15 is 0 Å². The summed E-state index contributed by atoms with van der Waals surface area (Å²) in [5.41, 5.74) is 1.43. The topological polar surface area (TPSA) is 93.4 Å². The van der Waals surface area contributed by atoms with Gasteiger partial charge in [-0.25, -0.2) is 21.6 Å². The molecule has 1 N–H and O–H groups in total. The Morgan fingerprint density at radius 2 is 1.85 bits per heavy atom. The van der Waals surface area contributed by atoms with Crippen LogP contribution in [-0.2, 0) is 19.9 Å². The fourth-order valence-corrected chi connectivity index (χ4v) is 5.87. The van der Waals surface area contributed by atoms with Crippen LogP contribution in [0.5, 0.6) is 0 Å². The second-order valence-electron chi connectivity index (χ2n) is 6.34. The zero-order valence-electron chi connectivity index (χ0n) is 15.2. The van der Waals surface area contributed by atoms with E-state index in [0.717, 1.165) is 12.0 Å². The fraction of sp³-hybridized carbons (Fsp3) is 0.444. The molecule has 6 nitrogen and oxygen atoms in total. The minimum absolute atomic E-state index is 0.0299. The van der Waals surface area contributed by atoms with E-state index in [1.165, 1.54) is 6.26 Å². The van der Waals surface area contributed by atoms with E-state index in [-0.39, 0.29) is 23.0 Å². The molecule has 144 valence electrons. The van der Waals surface area contributed by atoms with Crippen molar-refractivity contribution in [3.63, 3.8) is 0 Å². The van der Waals surface area contributed by atoms with Crippen LogP contribution in [0, 0.1) is 13.8 Å². The molecular formula is C18H25NO5S2. The molecule has 0 saturated carbocycles. The zero-order chi connectivity index (χ0) is 19.4. The molecule has 0 aliphatic rings. The molecule has 26 heavy (non-hydrogen) atoms. The number of sulfonamides is 1. The highest BCUT2D eigenvalue weighted by Crippen LogP contribution is 2.31. The summed E-state index contributed by atoms with van der Waals surface area (Å²) in [6.45, 7) is 5.16. The van der Waals surface area contributed by atoms with Gasteiger partial charge in [0.05, 0.1) is 16.9 Å². The number of hydrogen-bond donors (Lipinski definition) is 1. The number of rotatable bonds is 9. The summed E-state index contributed by atoms with van der Waals surface area (Å²) >= 11 is 0. The van der Waals surface area contributed by atoms with E-state index < -0.39 is 25.1 Å². The van der Waals surface area contributed by atoms with Gasteiger partial charge in [-0.15, -0.1) is 0 Å². The van der Waals surface area contributed by atoms with Crippen LogP contribution >= 0.6 is 0 Å². The lowest BCUT2D eigenvalue weighted by Crippen LogP contribution is -2.33. The van der Waals surface area contributed by atoms with Crippen molar-refractivity contribution in [1.82, 2.24) is 4.72 Å². The Morgan fingerprint density at radius 1 is 1.12 bits per heavy atom. The van der Waals surface area contributed by atoms with Gasteiger partial charge in [-0.05, 0) is 49.6 Å². The summed E-state index contributed by atoms with van der Waals surface area (Å²) < 4.78 is 58.4. The minimum atomic E-state index is -3.84. The predicted molar refractivity (Wildman–Crippen MR) is 101 cm³/mol. The number of aryl methyl sites for hydroxylation is 2. The molecule has 2 aromatic rings. The van der Waals surface area contributed by atoms with Crippen LogP contribution in [0.25, 0.3) is 0 Å². The second kappa shape index (κ2) is 8.37. The van der Waals surface area contributed by atoms with E-state index in [1.807, 2.05) is 19.9 Å². The molecule has 0 saturated heterocycles. The van der Waals surface area contributed by atoms with E-state index in [0.29, 0.717) is 12.0 Å². The first-order valence-corrected chi connectivity index (χ1v) is 11.7. The number of nitrogens with one attached hydrogen (secondary N) is 1. The van der Waals surface area contributed by atoms with Crippen molar-refractivity contribution in [2.45, 2.75) is 43.8 Å². The van der Waals surface area contributed by atoms with E-state index in [4.69, 9.17) is 4.42 Å². The first-order valence-electron chi connectivity index (χ1n) is 8.49.